The van der Waals surface area contributed by atoms with Crippen LogP contribution in [-0.2, 0) is 41.2 Å². The predicted molar refractivity (Wildman–Crippen MR) is 118 cm³/mol. The summed E-state index contributed by atoms with van der Waals surface area (Å²) in [4.78, 5) is 58.8. The van der Waals surface area contributed by atoms with E-state index in [0.29, 0.717) is 30.1 Å². The number of fused-ring (bicyclic) bond motifs is 1. The molecule has 0 aromatic carbocycles. The van der Waals surface area contributed by atoms with Gasteiger partial charge in [0, 0.05) is 31.8 Å². The van der Waals surface area contributed by atoms with Gasteiger partial charge in [-0.3, -0.25) is 23.9 Å². The van der Waals surface area contributed by atoms with Crippen molar-refractivity contribution < 1.29 is 14.6 Å². The van der Waals surface area contributed by atoms with Crippen LogP contribution in [0.2, 0.25) is 0 Å². The Morgan fingerprint density at radius 3 is 2.77 bits per heavy atom. The van der Waals surface area contributed by atoms with E-state index in [1.165, 1.54) is 16.9 Å². The molecular formula is C21H24N8O6. The number of hydrogen-bond donors (Lipinski definition) is 3. The summed E-state index contributed by atoms with van der Waals surface area (Å²) in [7, 11) is 0. The molecule has 1 saturated heterocycles. The molecule has 0 aliphatic carbocycles. The van der Waals surface area contributed by atoms with Gasteiger partial charge in [0.1, 0.15) is 30.2 Å². The van der Waals surface area contributed by atoms with Gasteiger partial charge in [0.2, 0.25) is 5.91 Å². The summed E-state index contributed by atoms with van der Waals surface area (Å²) >= 11 is 0. The fourth-order valence-electron chi connectivity index (χ4n) is 4.31. The topological polar surface area (TPSA) is 181 Å². The van der Waals surface area contributed by atoms with Gasteiger partial charge < -0.3 is 19.7 Å². The molecule has 0 atom stereocenters. The van der Waals surface area contributed by atoms with Crippen LogP contribution in [0.1, 0.15) is 35.6 Å². The molecule has 2 aliphatic rings. The van der Waals surface area contributed by atoms with Crippen molar-refractivity contribution >= 4 is 5.91 Å². The number of amides is 1. The molecule has 0 saturated carbocycles. The third-order valence-corrected chi connectivity index (χ3v) is 6.35. The molecule has 1 fully saturated rings. The highest BCUT2D eigenvalue weighted by Crippen LogP contribution is 2.31. The van der Waals surface area contributed by atoms with Gasteiger partial charge in [-0.2, -0.15) is 0 Å². The van der Waals surface area contributed by atoms with Crippen molar-refractivity contribution in [1.82, 2.24) is 39.4 Å². The van der Waals surface area contributed by atoms with E-state index in [-0.39, 0.29) is 57.1 Å². The minimum Gasteiger partial charge on any atom is -0.383 e. The number of aromatic nitrogens is 7. The van der Waals surface area contributed by atoms with Crippen LogP contribution in [0, 0.1) is 0 Å². The second-order valence-electron chi connectivity index (χ2n) is 8.69. The lowest BCUT2D eigenvalue weighted by Crippen LogP contribution is -2.47. The molecule has 184 valence electrons. The Labute approximate surface area is 197 Å². The van der Waals surface area contributed by atoms with E-state index in [2.05, 4.69) is 25.3 Å². The van der Waals surface area contributed by atoms with Crippen LogP contribution >= 0.6 is 0 Å². The SMILES string of the molecule is O=C(Cn1ccc(=O)[nH]c1=O)N1CCC(O)(c2cn(Cc3nc4c(c(=O)[nH]3)COCC4)nn2)CC1. The number of rotatable bonds is 5. The number of carbonyl (C=O) groups is 1. The first-order valence-corrected chi connectivity index (χ1v) is 11.2. The number of ether oxygens (including phenoxy) is 1. The first kappa shape index (κ1) is 22.9. The van der Waals surface area contributed by atoms with Crippen LogP contribution < -0.4 is 16.8 Å². The molecule has 5 rings (SSSR count). The molecule has 3 N–H and O–H groups in total. The van der Waals surface area contributed by atoms with Gasteiger partial charge in [-0.15, -0.1) is 5.10 Å². The summed E-state index contributed by atoms with van der Waals surface area (Å²) in [6, 6.07) is 1.18. The van der Waals surface area contributed by atoms with E-state index in [1.807, 2.05) is 0 Å². The molecule has 2 aliphatic heterocycles. The van der Waals surface area contributed by atoms with E-state index in [1.54, 1.807) is 11.1 Å². The maximum Gasteiger partial charge on any atom is 0.328 e. The normalized spacial score (nSPS) is 17.2. The third kappa shape index (κ3) is 4.70. The number of H-pyrrole nitrogens is 2. The summed E-state index contributed by atoms with van der Waals surface area (Å²) in [5.41, 5.74) is -1.05. The Kier molecular flexibility index (Phi) is 5.90. The zero-order valence-corrected chi connectivity index (χ0v) is 18.8. The molecule has 0 bridgehead atoms. The quantitative estimate of drug-likeness (QED) is 0.363. The maximum atomic E-state index is 12.6. The van der Waals surface area contributed by atoms with Crippen LogP contribution in [0.5, 0.6) is 0 Å². The first-order valence-electron chi connectivity index (χ1n) is 11.2. The van der Waals surface area contributed by atoms with Crippen molar-refractivity contribution in [3.8, 4) is 0 Å². The minimum absolute atomic E-state index is 0.186. The molecule has 0 spiro atoms. The molecule has 3 aromatic heterocycles. The molecule has 5 heterocycles. The Hall–Kier alpha value is -3.91. The van der Waals surface area contributed by atoms with Gasteiger partial charge in [-0.25, -0.2) is 14.5 Å². The van der Waals surface area contributed by atoms with E-state index in [4.69, 9.17) is 4.74 Å². The largest absolute Gasteiger partial charge is 0.383 e. The van der Waals surface area contributed by atoms with Gasteiger partial charge in [0.25, 0.3) is 11.1 Å². The molecule has 14 nitrogen and oxygen atoms in total. The van der Waals surface area contributed by atoms with Crippen LogP contribution in [-0.4, -0.2) is 70.1 Å². The fraction of sp³-hybridized carbons (Fsp3) is 0.476. The molecule has 3 aromatic rings. The lowest BCUT2D eigenvalue weighted by molar-refractivity contribution is -0.136. The van der Waals surface area contributed by atoms with E-state index >= 15 is 0 Å². The van der Waals surface area contributed by atoms with Gasteiger partial charge in [0.15, 0.2) is 0 Å². The average Bonchev–Trinajstić information content (AvgIpc) is 3.31. The molecule has 35 heavy (non-hydrogen) atoms. The number of aromatic amines is 2. The summed E-state index contributed by atoms with van der Waals surface area (Å²) < 4.78 is 7.93. The van der Waals surface area contributed by atoms with Crippen LogP contribution in [0.25, 0.3) is 0 Å². The van der Waals surface area contributed by atoms with E-state index < -0.39 is 16.9 Å². The second kappa shape index (κ2) is 9.03. The third-order valence-electron chi connectivity index (χ3n) is 6.35. The van der Waals surface area contributed by atoms with Crippen LogP contribution in [0.4, 0.5) is 0 Å². The average molecular weight is 484 g/mol. The lowest BCUT2D eigenvalue weighted by atomic mass is 9.88. The Balaban J connectivity index is 1.23. The van der Waals surface area contributed by atoms with Crippen LogP contribution in [0.3, 0.4) is 0 Å². The number of aliphatic hydroxyl groups is 1. The number of likely N-dealkylation sites (tertiary alicyclic amines) is 1. The van der Waals surface area contributed by atoms with Gasteiger partial charge in [-0.1, -0.05) is 5.21 Å². The first-order chi connectivity index (χ1) is 16.8. The van der Waals surface area contributed by atoms with Crippen molar-refractivity contribution in [2.45, 2.75) is 44.6 Å². The number of nitrogens with one attached hydrogen (secondary N) is 2. The predicted octanol–water partition coefficient (Wildman–Crippen LogP) is -2.16. The Morgan fingerprint density at radius 1 is 1.20 bits per heavy atom. The molecule has 1 amide bonds. The van der Waals surface area contributed by atoms with E-state index in [9.17, 15) is 24.3 Å². The number of piperidine rings is 1. The second-order valence-corrected chi connectivity index (χ2v) is 8.69. The highest BCUT2D eigenvalue weighted by molar-refractivity contribution is 5.76. The number of carbonyl (C=O) groups excluding carboxylic acids is 1. The van der Waals surface area contributed by atoms with Crippen molar-refractivity contribution in [1.29, 1.82) is 0 Å². The highest BCUT2D eigenvalue weighted by Gasteiger charge is 2.38. The lowest BCUT2D eigenvalue weighted by Gasteiger charge is -2.37. The molecule has 14 heteroatoms. The molecule has 0 radical (unpaired) electrons. The standard InChI is InChI=1S/C21H24N8O6/c30-17-1-5-28(20(33)24-17)11-18(31)27-6-3-21(34,4-7-27)15-9-29(26-25-15)10-16-22-14-2-8-35-12-13(14)19(32)23-16/h1,5,9,34H,2-4,6-8,10-12H2,(H,22,23,32)(H,24,30,33). The molecule has 0 unspecified atom stereocenters. The summed E-state index contributed by atoms with van der Waals surface area (Å²) in [6.45, 7) is 1.28. The monoisotopic (exact) mass is 484 g/mol. The smallest absolute Gasteiger partial charge is 0.328 e. The Bertz CT molecular complexity index is 1430. The van der Waals surface area contributed by atoms with E-state index in [0.717, 1.165) is 10.3 Å². The van der Waals surface area contributed by atoms with Crippen molar-refractivity contribution in [3.05, 3.63) is 72.4 Å². The Morgan fingerprint density at radius 2 is 2.00 bits per heavy atom. The fourth-order valence-corrected chi connectivity index (χ4v) is 4.31. The zero-order valence-electron chi connectivity index (χ0n) is 18.8. The number of hydrogen-bond acceptors (Lipinski definition) is 9. The van der Waals surface area contributed by atoms with Crippen molar-refractivity contribution in [3.63, 3.8) is 0 Å². The summed E-state index contributed by atoms with van der Waals surface area (Å²) in [5, 5.41) is 19.3. The van der Waals surface area contributed by atoms with Crippen molar-refractivity contribution in [2.75, 3.05) is 19.7 Å². The summed E-state index contributed by atoms with van der Waals surface area (Å²) in [5.74, 6) is 0.148. The van der Waals surface area contributed by atoms with Crippen LogP contribution in [0.15, 0.2) is 32.8 Å². The van der Waals surface area contributed by atoms with Gasteiger partial charge in [-0.05, 0) is 12.8 Å². The maximum absolute atomic E-state index is 12.6. The summed E-state index contributed by atoms with van der Waals surface area (Å²) in [6.07, 6.45) is 3.94. The van der Waals surface area contributed by atoms with Gasteiger partial charge >= 0.3 is 5.69 Å². The van der Waals surface area contributed by atoms with Crippen molar-refractivity contribution in [2.24, 2.45) is 0 Å². The number of nitrogens with zero attached hydrogens (tertiary/aromatic N) is 6. The molecular weight excluding hydrogens is 460 g/mol. The highest BCUT2D eigenvalue weighted by atomic mass is 16.5. The minimum atomic E-state index is -1.27. The van der Waals surface area contributed by atoms with Gasteiger partial charge in [0.05, 0.1) is 30.7 Å². The zero-order chi connectivity index (χ0) is 24.6.